The number of nitrogens with zero attached hydrogens (tertiary/aromatic N) is 1. The van der Waals surface area contributed by atoms with Gasteiger partial charge in [0.05, 0.1) is 0 Å². The van der Waals surface area contributed by atoms with Crippen molar-refractivity contribution in [1.82, 2.24) is 4.90 Å². The molecule has 0 aromatic rings. The van der Waals surface area contributed by atoms with E-state index in [-0.39, 0.29) is 0 Å². The standard InChI is InChI=1S/C11H20BrN/c12-7-1-2-8-13(11-5-6-11)9-10-3-4-10/h10-11H,1-9H2. The Bertz CT molecular complexity index is 152. The van der Waals surface area contributed by atoms with Crippen LogP contribution in [0.15, 0.2) is 0 Å². The van der Waals surface area contributed by atoms with Gasteiger partial charge in [-0.2, -0.15) is 0 Å². The second-order valence-corrected chi connectivity index (χ2v) is 5.36. The summed E-state index contributed by atoms with van der Waals surface area (Å²) in [4.78, 5) is 2.75. The number of alkyl halides is 1. The molecular weight excluding hydrogens is 226 g/mol. The lowest BCUT2D eigenvalue weighted by molar-refractivity contribution is 0.249. The predicted molar refractivity (Wildman–Crippen MR) is 60.3 cm³/mol. The summed E-state index contributed by atoms with van der Waals surface area (Å²) < 4.78 is 0. The van der Waals surface area contributed by atoms with Crippen molar-refractivity contribution in [3.05, 3.63) is 0 Å². The first-order valence-electron chi connectivity index (χ1n) is 5.70. The first kappa shape index (κ1) is 9.97. The van der Waals surface area contributed by atoms with Crippen molar-refractivity contribution < 1.29 is 0 Å². The Morgan fingerprint density at radius 2 is 1.85 bits per heavy atom. The Morgan fingerprint density at radius 1 is 1.08 bits per heavy atom. The Hall–Kier alpha value is 0.440. The normalized spacial score (nSPS) is 22.6. The number of halogens is 1. The summed E-state index contributed by atoms with van der Waals surface area (Å²) >= 11 is 3.50. The molecule has 1 nitrogen and oxygen atoms in total. The molecule has 0 aromatic carbocycles. The summed E-state index contributed by atoms with van der Waals surface area (Å²) in [7, 11) is 0. The zero-order valence-corrected chi connectivity index (χ0v) is 9.93. The van der Waals surface area contributed by atoms with Gasteiger partial charge in [-0.25, -0.2) is 0 Å². The molecule has 0 radical (unpaired) electrons. The largest absolute Gasteiger partial charge is 0.300 e. The molecule has 0 aliphatic heterocycles. The first-order chi connectivity index (χ1) is 6.40. The Kier molecular flexibility index (Phi) is 3.67. The molecule has 0 atom stereocenters. The minimum absolute atomic E-state index is 0.982. The van der Waals surface area contributed by atoms with Crippen molar-refractivity contribution in [2.45, 2.75) is 44.6 Å². The second-order valence-electron chi connectivity index (χ2n) is 4.57. The lowest BCUT2D eigenvalue weighted by atomic mass is 10.3. The first-order valence-corrected chi connectivity index (χ1v) is 6.82. The van der Waals surface area contributed by atoms with E-state index >= 15 is 0 Å². The van der Waals surface area contributed by atoms with E-state index in [1.54, 1.807) is 0 Å². The van der Waals surface area contributed by atoms with Crippen LogP contribution in [0.4, 0.5) is 0 Å². The highest BCUT2D eigenvalue weighted by Crippen LogP contribution is 2.34. The zero-order valence-electron chi connectivity index (χ0n) is 8.34. The summed E-state index contributed by atoms with van der Waals surface area (Å²) in [5, 5.41) is 1.18. The zero-order chi connectivity index (χ0) is 9.10. The van der Waals surface area contributed by atoms with E-state index in [1.807, 2.05) is 0 Å². The van der Waals surface area contributed by atoms with Crippen molar-refractivity contribution in [2.24, 2.45) is 5.92 Å². The Labute approximate surface area is 90.0 Å². The maximum Gasteiger partial charge on any atom is 0.00965 e. The van der Waals surface area contributed by atoms with Gasteiger partial charge in [0.2, 0.25) is 0 Å². The monoisotopic (exact) mass is 245 g/mol. The quantitative estimate of drug-likeness (QED) is 0.493. The molecule has 76 valence electrons. The van der Waals surface area contributed by atoms with Crippen LogP contribution < -0.4 is 0 Å². The highest BCUT2D eigenvalue weighted by atomic mass is 79.9. The van der Waals surface area contributed by atoms with Gasteiger partial charge in [-0.3, -0.25) is 0 Å². The third kappa shape index (κ3) is 3.59. The lowest BCUT2D eigenvalue weighted by Crippen LogP contribution is -2.29. The fraction of sp³-hybridized carbons (Fsp3) is 1.00. The minimum Gasteiger partial charge on any atom is -0.300 e. The van der Waals surface area contributed by atoms with Crippen LogP contribution in [-0.2, 0) is 0 Å². The molecule has 0 spiro atoms. The van der Waals surface area contributed by atoms with Crippen molar-refractivity contribution in [3.63, 3.8) is 0 Å². The van der Waals surface area contributed by atoms with E-state index in [1.165, 1.54) is 56.9 Å². The van der Waals surface area contributed by atoms with E-state index in [9.17, 15) is 0 Å². The topological polar surface area (TPSA) is 3.24 Å². The molecule has 13 heavy (non-hydrogen) atoms. The number of unbranched alkanes of at least 4 members (excludes halogenated alkanes) is 1. The molecule has 0 heterocycles. The molecule has 0 unspecified atom stereocenters. The van der Waals surface area contributed by atoms with Gasteiger partial charge in [0.15, 0.2) is 0 Å². The van der Waals surface area contributed by atoms with Gasteiger partial charge in [-0.1, -0.05) is 15.9 Å². The van der Waals surface area contributed by atoms with Gasteiger partial charge >= 0.3 is 0 Å². The minimum atomic E-state index is 0.982. The van der Waals surface area contributed by atoms with Crippen LogP contribution in [0.25, 0.3) is 0 Å². The Balaban J connectivity index is 1.63. The molecule has 0 saturated heterocycles. The van der Waals surface area contributed by atoms with Crippen LogP contribution >= 0.6 is 15.9 Å². The average molecular weight is 246 g/mol. The molecule has 0 N–H and O–H groups in total. The fourth-order valence-corrected chi connectivity index (χ4v) is 2.30. The number of rotatable bonds is 7. The van der Waals surface area contributed by atoms with Crippen LogP contribution in [0.2, 0.25) is 0 Å². The molecular formula is C11H20BrN. The van der Waals surface area contributed by atoms with E-state index in [0.717, 1.165) is 12.0 Å². The molecule has 2 fully saturated rings. The third-order valence-electron chi connectivity index (χ3n) is 3.08. The van der Waals surface area contributed by atoms with Gasteiger partial charge in [-0.05, 0) is 51.0 Å². The van der Waals surface area contributed by atoms with Crippen molar-refractivity contribution in [1.29, 1.82) is 0 Å². The summed E-state index contributed by atoms with van der Waals surface area (Å²) in [6, 6.07) is 0.982. The summed E-state index contributed by atoms with van der Waals surface area (Å²) in [5.74, 6) is 1.07. The van der Waals surface area contributed by atoms with E-state index < -0.39 is 0 Å². The lowest BCUT2D eigenvalue weighted by Gasteiger charge is -2.21. The van der Waals surface area contributed by atoms with Crippen LogP contribution in [0.5, 0.6) is 0 Å². The van der Waals surface area contributed by atoms with Gasteiger partial charge in [0.25, 0.3) is 0 Å². The molecule has 2 saturated carbocycles. The van der Waals surface area contributed by atoms with Crippen molar-refractivity contribution >= 4 is 15.9 Å². The van der Waals surface area contributed by atoms with E-state index in [0.29, 0.717) is 0 Å². The van der Waals surface area contributed by atoms with Crippen LogP contribution in [0.3, 0.4) is 0 Å². The SMILES string of the molecule is BrCCCCN(CC1CC1)C1CC1. The number of hydrogen-bond acceptors (Lipinski definition) is 1. The van der Waals surface area contributed by atoms with Crippen molar-refractivity contribution in [3.8, 4) is 0 Å². The second kappa shape index (κ2) is 4.79. The van der Waals surface area contributed by atoms with Gasteiger partial charge in [-0.15, -0.1) is 0 Å². The molecule has 0 aromatic heterocycles. The maximum absolute atomic E-state index is 3.50. The van der Waals surface area contributed by atoms with Gasteiger partial charge < -0.3 is 4.90 Å². The summed E-state index contributed by atoms with van der Waals surface area (Å²) in [5.41, 5.74) is 0. The van der Waals surface area contributed by atoms with Crippen LogP contribution in [0, 0.1) is 5.92 Å². The molecule has 2 rings (SSSR count). The van der Waals surface area contributed by atoms with Gasteiger partial charge in [0.1, 0.15) is 0 Å². The van der Waals surface area contributed by atoms with E-state index in [2.05, 4.69) is 20.8 Å². The van der Waals surface area contributed by atoms with Crippen LogP contribution in [-0.4, -0.2) is 29.4 Å². The highest BCUT2D eigenvalue weighted by molar-refractivity contribution is 9.09. The molecule has 2 aliphatic carbocycles. The fourth-order valence-electron chi connectivity index (χ4n) is 1.90. The Morgan fingerprint density at radius 3 is 2.38 bits per heavy atom. The highest BCUT2D eigenvalue weighted by Gasteiger charge is 2.32. The third-order valence-corrected chi connectivity index (χ3v) is 3.64. The molecule has 0 bridgehead atoms. The van der Waals surface area contributed by atoms with Crippen molar-refractivity contribution in [2.75, 3.05) is 18.4 Å². The predicted octanol–water partition coefficient (Wildman–Crippen LogP) is 3.04. The average Bonchev–Trinajstić information content (AvgIpc) is 2.98. The number of hydrogen-bond donors (Lipinski definition) is 0. The summed E-state index contributed by atoms with van der Waals surface area (Å²) in [6.07, 6.45) is 8.67. The molecule has 0 amide bonds. The van der Waals surface area contributed by atoms with Gasteiger partial charge in [0, 0.05) is 17.9 Å². The summed E-state index contributed by atoms with van der Waals surface area (Å²) in [6.45, 7) is 2.76. The molecule has 2 heteroatoms. The smallest absolute Gasteiger partial charge is 0.00965 e. The molecule has 2 aliphatic rings. The maximum atomic E-state index is 3.50. The van der Waals surface area contributed by atoms with E-state index in [4.69, 9.17) is 0 Å². The van der Waals surface area contributed by atoms with Crippen LogP contribution in [0.1, 0.15) is 38.5 Å².